The molecule has 0 atom stereocenters. The summed E-state index contributed by atoms with van der Waals surface area (Å²) in [5, 5.41) is 2.24. The molecule has 126 valence electrons. The summed E-state index contributed by atoms with van der Waals surface area (Å²) in [6.45, 7) is 5.78. The Morgan fingerprint density at radius 2 is 1.68 bits per heavy atom. The number of barbiturate groups is 1. The maximum atomic E-state index is 12.8. The fraction of sp³-hybridized carbons (Fsp3) is 0.150. The number of hydrogen-bond acceptors (Lipinski definition) is 3. The van der Waals surface area contributed by atoms with Crippen LogP contribution >= 0.6 is 0 Å². The van der Waals surface area contributed by atoms with Crippen LogP contribution in [0.3, 0.4) is 0 Å². The van der Waals surface area contributed by atoms with Crippen LogP contribution in [0.25, 0.3) is 6.08 Å². The number of rotatable bonds is 2. The van der Waals surface area contributed by atoms with Crippen molar-refractivity contribution in [2.24, 2.45) is 0 Å². The zero-order chi connectivity index (χ0) is 18.1. The van der Waals surface area contributed by atoms with Gasteiger partial charge in [-0.3, -0.25) is 14.9 Å². The molecule has 1 heterocycles. The second-order valence-corrected chi connectivity index (χ2v) is 6.14. The van der Waals surface area contributed by atoms with Crippen molar-refractivity contribution >= 4 is 29.6 Å². The average Bonchev–Trinajstić information content (AvgIpc) is 2.55. The molecule has 0 spiro atoms. The van der Waals surface area contributed by atoms with Gasteiger partial charge in [-0.1, -0.05) is 35.9 Å². The van der Waals surface area contributed by atoms with Crippen molar-refractivity contribution in [1.82, 2.24) is 5.32 Å². The van der Waals surface area contributed by atoms with Gasteiger partial charge in [-0.25, -0.2) is 9.69 Å². The van der Waals surface area contributed by atoms with Gasteiger partial charge in [-0.2, -0.15) is 0 Å². The van der Waals surface area contributed by atoms with E-state index in [-0.39, 0.29) is 5.57 Å². The van der Waals surface area contributed by atoms with Gasteiger partial charge >= 0.3 is 6.03 Å². The second-order valence-electron chi connectivity index (χ2n) is 6.14. The molecule has 5 heteroatoms. The first-order valence-corrected chi connectivity index (χ1v) is 7.92. The summed E-state index contributed by atoms with van der Waals surface area (Å²) in [4.78, 5) is 38.2. The number of anilines is 1. The number of nitrogens with zero attached hydrogens (tertiary/aromatic N) is 1. The molecule has 0 saturated carbocycles. The molecule has 1 aliphatic rings. The Labute approximate surface area is 146 Å². The van der Waals surface area contributed by atoms with Crippen LogP contribution in [0, 0.1) is 20.8 Å². The Hall–Kier alpha value is -3.21. The Balaban J connectivity index is 2.03. The number of carbonyl (C=O) groups excluding carboxylic acids is 3. The van der Waals surface area contributed by atoms with Crippen LogP contribution in [-0.4, -0.2) is 17.8 Å². The topological polar surface area (TPSA) is 66.5 Å². The number of nitrogens with one attached hydrogen (secondary N) is 1. The van der Waals surface area contributed by atoms with E-state index >= 15 is 0 Å². The number of imide groups is 2. The molecule has 4 amide bonds. The summed E-state index contributed by atoms with van der Waals surface area (Å²) < 4.78 is 0. The van der Waals surface area contributed by atoms with Crippen molar-refractivity contribution in [2.45, 2.75) is 20.8 Å². The summed E-state index contributed by atoms with van der Waals surface area (Å²) in [6.07, 6.45) is 1.51. The van der Waals surface area contributed by atoms with Gasteiger partial charge in [0.05, 0.1) is 5.69 Å². The van der Waals surface area contributed by atoms with E-state index in [9.17, 15) is 14.4 Å². The largest absolute Gasteiger partial charge is 0.335 e. The van der Waals surface area contributed by atoms with Crippen LogP contribution in [0.4, 0.5) is 10.5 Å². The van der Waals surface area contributed by atoms with Crippen molar-refractivity contribution in [3.63, 3.8) is 0 Å². The minimum atomic E-state index is -0.736. The zero-order valence-corrected chi connectivity index (χ0v) is 14.3. The molecule has 0 unspecified atom stereocenters. The van der Waals surface area contributed by atoms with Gasteiger partial charge in [0.1, 0.15) is 5.57 Å². The maximum Gasteiger partial charge on any atom is 0.335 e. The van der Waals surface area contributed by atoms with Gasteiger partial charge in [0, 0.05) is 0 Å². The van der Waals surface area contributed by atoms with Crippen LogP contribution in [0.2, 0.25) is 0 Å². The lowest BCUT2D eigenvalue weighted by Crippen LogP contribution is -2.54. The number of amides is 4. The highest BCUT2D eigenvalue weighted by Crippen LogP contribution is 2.24. The number of benzene rings is 2. The summed E-state index contributed by atoms with van der Waals surface area (Å²) in [5.41, 5.74) is 4.13. The van der Waals surface area contributed by atoms with Crippen molar-refractivity contribution in [1.29, 1.82) is 0 Å². The summed E-state index contributed by atoms with van der Waals surface area (Å²) >= 11 is 0. The van der Waals surface area contributed by atoms with Gasteiger partial charge in [0.25, 0.3) is 11.8 Å². The molecule has 25 heavy (non-hydrogen) atoms. The molecule has 1 aliphatic heterocycles. The standard InChI is InChI=1S/C20H18N2O3/c1-12-5-4-6-15(9-12)11-17-18(23)21-20(25)22(19(17)24)16-8-7-13(2)14(3)10-16/h4-11H,1-3H3,(H,21,23,25)/b17-11+. The minimum Gasteiger partial charge on any atom is -0.273 e. The van der Waals surface area contributed by atoms with Gasteiger partial charge in [0.2, 0.25) is 0 Å². The van der Waals surface area contributed by atoms with E-state index < -0.39 is 17.8 Å². The zero-order valence-electron chi connectivity index (χ0n) is 14.3. The molecular weight excluding hydrogens is 316 g/mol. The lowest BCUT2D eigenvalue weighted by Gasteiger charge is -2.26. The quantitative estimate of drug-likeness (QED) is 0.677. The van der Waals surface area contributed by atoms with Crippen LogP contribution in [0.5, 0.6) is 0 Å². The van der Waals surface area contributed by atoms with Crippen molar-refractivity contribution in [3.05, 3.63) is 70.3 Å². The first-order valence-electron chi connectivity index (χ1n) is 7.92. The normalized spacial score (nSPS) is 16.4. The van der Waals surface area contributed by atoms with Crippen LogP contribution in [0.1, 0.15) is 22.3 Å². The molecular formula is C20H18N2O3. The second kappa shape index (κ2) is 6.36. The van der Waals surface area contributed by atoms with Crippen molar-refractivity contribution < 1.29 is 14.4 Å². The van der Waals surface area contributed by atoms with Crippen LogP contribution < -0.4 is 10.2 Å². The highest BCUT2D eigenvalue weighted by atomic mass is 16.2. The fourth-order valence-corrected chi connectivity index (χ4v) is 2.68. The molecule has 3 rings (SSSR count). The fourth-order valence-electron chi connectivity index (χ4n) is 2.68. The van der Waals surface area contributed by atoms with E-state index in [1.165, 1.54) is 6.08 Å². The van der Waals surface area contributed by atoms with Crippen LogP contribution in [-0.2, 0) is 9.59 Å². The third-order valence-electron chi connectivity index (χ3n) is 4.20. The highest BCUT2D eigenvalue weighted by Gasteiger charge is 2.36. The Kier molecular flexibility index (Phi) is 4.23. The first-order chi connectivity index (χ1) is 11.9. The van der Waals surface area contributed by atoms with Gasteiger partial charge in [0.15, 0.2) is 0 Å². The third-order valence-corrected chi connectivity index (χ3v) is 4.20. The summed E-state index contributed by atoms with van der Waals surface area (Å²) in [6, 6.07) is 12.0. The number of carbonyl (C=O) groups is 3. The molecule has 5 nitrogen and oxygen atoms in total. The molecule has 1 N–H and O–H groups in total. The smallest absolute Gasteiger partial charge is 0.273 e. The SMILES string of the molecule is Cc1cccc(/C=C2\C(=O)NC(=O)N(c3ccc(C)c(C)c3)C2=O)c1. The van der Waals surface area contributed by atoms with Gasteiger partial charge < -0.3 is 0 Å². The predicted molar refractivity (Wildman–Crippen MR) is 96.1 cm³/mol. The molecule has 0 radical (unpaired) electrons. The third kappa shape index (κ3) is 3.21. The van der Waals surface area contributed by atoms with E-state index in [1.807, 2.05) is 45.0 Å². The molecule has 0 bridgehead atoms. The predicted octanol–water partition coefficient (Wildman–Crippen LogP) is 3.28. The molecule has 0 aliphatic carbocycles. The number of aryl methyl sites for hydroxylation is 3. The van der Waals surface area contributed by atoms with E-state index in [0.29, 0.717) is 5.69 Å². The molecule has 1 fully saturated rings. The van der Waals surface area contributed by atoms with E-state index in [2.05, 4.69) is 5.32 Å². The lowest BCUT2D eigenvalue weighted by molar-refractivity contribution is -0.122. The van der Waals surface area contributed by atoms with Gasteiger partial charge in [-0.05, 0) is 55.7 Å². The maximum absolute atomic E-state index is 12.8. The van der Waals surface area contributed by atoms with E-state index in [1.54, 1.807) is 18.2 Å². The number of urea groups is 1. The molecule has 1 saturated heterocycles. The van der Waals surface area contributed by atoms with Crippen molar-refractivity contribution in [2.75, 3.05) is 4.90 Å². The molecule has 2 aromatic rings. The van der Waals surface area contributed by atoms with Crippen LogP contribution in [0.15, 0.2) is 48.0 Å². The minimum absolute atomic E-state index is 0.0663. The summed E-state index contributed by atoms with van der Waals surface area (Å²) in [5.74, 6) is -1.31. The molecule has 2 aromatic carbocycles. The van der Waals surface area contributed by atoms with E-state index in [4.69, 9.17) is 0 Å². The monoisotopic (exact) mass is 334 g/mol. The van der Waals surface area contributed by atoms with Gasteiger partial charge in [-0.15, -0.1) is 0 Å². The Morgan fingerprint density at radius 3 is 2.36 bits per heavy atom. The number of hydrogen-bond donors (Lipinski definition) is 1. The Morgan fingerprint density at radius 1 is 0.920 bits per heavy atom. The summed E-state index contributed by atoms with van der Waals surface area (Å²) in [7, 11) is 0. The van der Waals surface area contributed by atoms with Crippen molar-refractivity contribution in [3.8, 4) is 0 Å². The van der Waals surface area contributed by atoms with E-state index in [0.717, 1.165) is 27.2 Å². The Bertz CT molecular complexity index is 928. The lowest BCUT2D eigenvalue weighted by atomic mass is 10.0. The average molecular weight is 334 g/mol. The molecule has 0 aromatic heterocycles. The highest BCUT2D eigenvalue weighted by molar-refractivity contribution is 6.39. The first kappa shape index (κ1) is 16.6.